The molecular weight excluding hydrogens is 284 g/mol. The second kappa shape index (κ2) is 6.82. The molecule has 0 aromatic carbocycles. The lowest BCUT2D eigenvalue weighted by atomic mass is 10.1. The second-order valence-electron chi connectivity index (χ2n) is 6.76. The third kappa shape index (κ3) is 4.76. The molecule has 1 aliphatic heterocycles. The first-order valence-corrected chi connectivity index (χ1v) is 9.40. The van der Waals surface area contributed by atoms with Crippen LogP contribution in [0.1, 0.15) is 44.4 Å². The van der Waals surface area contributed by atoms with E-state index < -0.39 is 0 Å². The maximum Gasteiger partial charge on any atom is 0.0331 e. The lowest BCUT2D eigenvalue weighted by Crippen LogP contribution is -2.43. The Kier molecular flexibility index (Phi) is 5.57. The number of hydrogen-bond acceptors (Lipinski definition) is 4. The zero-order valence-electron chi connectivity index (χ0n) is 13.4. The maximum absolute atomic E-state index is 3.56. The van der Waals surface area contributed by atoms with Gasteiger partial charge in [-0.05, 0) is 39.8 Å². The lowest BCUT2D eigenvalue weighted by molar-refractivity contribution is 0.206. The van der Waals surface area contributed by atoms with Gasteiger partial charge in [-0.3, -0.25) is 4.90 Å². The number of rotatable bonds is 4. The summed E-state index contributed by atoms with van der Waals surface area (Å²) in [6, 6.07) is 5.28. The molecule has 1 aromatic rings. The summed E-state index contributed by atoms with van der Waals surface area (Å²) in [6.45, 7) is 14.7. The highest BCUT2D eigenvalue weighted by Crippen LogP contribution is 2.27. The Morgan fingerprint density at radius 2 is 1.95 bits per heavy atom. The van der Waals surface area contributed by atoms with Crippen molar-refractivity contribution in [3.05, 3.63) is 21.9 Å². The molecule has 1 N–H and O–H groups in total. The molecule has 114 valence electrons. The predicted molar refractivity (Wildman–Crippen MR) is 92.7 cm³/mol. The number of hydrogen-bond donors (Lipinski definition) is 1. The Morgan fingerprint density at radius 1 is 1.25 bits per heavy atom. The Hall–Kier alpha value is -0.0300. The Balaban J connectivity index is 1.89. The van der Waals surface area contributed by atoms with Crippen molar-refractivity contribution in [3.63, 3.8) is 0 Å². The topological polar surface area (TPSA) is 15.3 Å². The van der Waals surface area contributed by atoms with Crippen molar-refractivity contribution in [3.8, 4) is 0 Å². The minimum Gasteiger partial charge on any atom is -0.307 e. The Bertz CT molecular complexity index is 422. The molecule has 0 aliphatic carbocycles. The van der Waals surface area contributed by atoms with Gasteiger partial charge in [-0.15, -0.1) is 11.3 Å². The van der Waals surface area contributed by atoms with E-state index in [0.717, 1.165) is 18.3 Å². The molecule has 0 spiro atoms. The summed E-state index contributed by atoms with van der Waals surface area (Å²) < 4.78 is 0. The largest absolute Gasteiger partial charge is 0.307 e. The molecule has 20 heavy (non-hydrogen) atoms. The molecule has 1 saturated heterocycles. The number of nitrogens with one attached hydrogen (secondary N) is 1. The van der Waals surface area contributed by atoms with Crippen molar-refractivity contribution in [1.82, 2.24) is 10.2 Å². The molecule has 2 unspecified atom stereocenters. The Morgan fingerprint density at radius 3 is 2.65 bits per heavy atom. The lowest BCUT2D eigenvalue weighted by Gasteiger charge is -2.37. The standard InChI is InChI=1S/C16H28N2S2/c1-12-13(2)19-9-8-18(12)11-15-7-6-14(20-15)10-17-16(3,4)5/h6-7,12-13,17H,8-11H2,1-5H3. The van der Waals surface area contributed by atoms with Crippen LogP contribution in [0.2, 0.25) is 0 Å². The van der Waals surface area contributed by atoms with Gasteiger partial charge in [-0.1, -0.05) is 6.92 Å². The van der Waals surface area contributed by atoms with E-state index in [1.807, 2.05) is 11.3 Å². The normalized spacial score (nSPS) is 25.1. The minimum atomic E-state index is 0.193. The summed E-state index contributed by atoms with van der Waals surface area (Å²) in [5, 5.41) is 4.32. The van der Waals surface area contributed by atoms with E-state index in [-0.39, 0.29) is 5.54 Å². The third-order valence-corrected chi connectivity index (χ3v) is 6.29. The zero-order chi connectivity index (χ0) is 14.8. The van der Waals surface area contributed by atoms with Gasteiger partial charge in [0.1, 0.15) is 0 Å². The molecule has 0 saturated carbocycles. The van der Waals surface area contributed by atoms with Crippen LogP contribution in [0.5, 0.6) is 0 Å². The third-order valence-electron chi connectivity index (χ3n) is 3.88. The molecule has 1 fully saturated rings. The predicted octanol–water partition coefficient (Wildman–Crippen LogP) is 3.96. The first-order valence-electron chi connectivity index (χ1n) is 7.53. The summed E-state index contributed by atoms with van der Waals surface area (Å²) in [4.78, 5) is 5.58. The summed E-state index contributed by atoms with van der Waals surface area (Å²) in [5.41, 5.74) is 0.193. The molecule has 1 aliphatic rings. The molecule has 2 heterocycles. The summed E-state index contributed by atoms with van der Waals surface area (Å²) in [5.74, 6) is 1.27. The van der Waals surface area contributed by atoms with E-state index in [1.165, 1.54) is 22.1 Å². The van der Waals surface area contributed by atoms with Crippen LogP contribution in [0.4, 0.5) is 0 Å². The summed E-state index contributed by atoms with van der Waals surface area (Å²) in [7, 11) is 0. The van der Waals surface area contributed by atoms with E-state index in [9.17, 15) is 0 Å². The fourth-order valence-electron chi connectivity index (χ4n) is 2.37. The van der Waals surface area contributed by atoms with Crippen molar-refractivity contribution in [2.75, 3.05) is 12.3 Å². The van der Waals surface area contributed by atoms with Crippen molar-refractivity contribution in [1.29, 1.82) is 0 Å². The number of thiophene rings is 1. The van der Waals surface area contributed by atoms with Crippen LogP contribution in [0, 0.1) is 0 Å². The van der Waals surface area contributed by atoms with Crippen molar-refractivity contribution >= 4 is 23.1 Å². The molecular formula is C16H28N2S2. The smallest absolute Gasteiger partial charge is 0.0331 e. The highest BCUT2D eigenvalue weighted by Gasteiger charge is 2.25. The fraction of sp³-hybridized carbons (Fsp3) is 0.750. The van der Waals surface area contributed by atoms with Crippen LogP contribution in [0.25, 0.3) is 0 Å². The highest BCUT2D eigenvalue weighted by atomic mass is 32.2. The van der Waals surface area contributed by atoms with Gasteiger partial charge < -0.3 is 5.32 Å². The van der Waals surface area contributed by atoms with Gasteiger partial charge in [0, 0.05) is 52.0 Å². The first-order chi connectivity index (χ1) is 9.35. The molecule has 2 nitrogen and oxygen atoms in total. The molecule has 0 bridgehead atoms. The van der Waals surface area contributed by atoms with E-state index in [4.69, 9.17) is 0 Å². The minimum absolute atomic E-state index is 0.193. The average Bonchev–Trinajstić information content (AvgIpc) is 2.80. The fourth-order valence-corrected chi connectivity index (χ4v) is 4.52. The zero-order valence-corrected chi connectivity index (χ0v) is 15.0. The van der Waals surface area contributed by atoms with Gasteiger partial charge >= 0.3 is 0 Å². The van der Waals surface area contributed by atoms with Crippen LogP contribution in [-0.4, -0.2) is 34.0 Å². The van der Waals surface area contributed by atoms with Gasteiger partial charge in [-0.2, -0.15) is 11.8 Å². The molecule has 0 amide bonds. The van der Waals surface area contributed by atoms with Crippen molar-refractivity contribution < 1.29 is 0 Å². The number of thioether (sulfide) groups is 1. The van der Waals surface area contributed by atoms with E-state index in [2.05, 4.69) is 68.7 Å². The van der Waals surface area contributed by atoms with Crippen LogP contribution in [0.3, 0.4) is 0 Å². The van der Waals surface area contributed by atoms with E-state index in [1.54, 1.807) is 0 Å². The average molecular weight is 313 g/mol. The van der Waals surface area contributed by atoms with Crippen LogP contribution >= 0.6 is 23.1 Å². The first kappa shape index (κ1) is 16.3. The summed E-state index contributed by atoms with van der Waals surface area (Å²) >= 11 is 4.07. The maximum atomic E-state index is 3.56. The molecule has 2 rings (SSSR count). The van der Waals surface area contributed by atoms with Crippen molar-refractivity contribution in [2.45, 2.75) is 64.5 Å². The molecule has 0 radical (unpaired) electrons. The molecule has 1 aromatic heterocycles. The van der Waals surface area contributed by atoms with Crippen LogP contribution in [-0.2, 0) is 13.1 Å². The van der Waals surface area contributed by atoms with Gasteiger partial charge in [0.25, 0.3) is 0 Å². The second-order valence-corrected chi connectivity index (χ2v) is 9.50. The van der Waals surface area contributed by atoms with E-state index >= 15 is 0 Å². The van der Waals surface area contributed by atoms with Gasteiger partial charge in [0.15, 0.2) is 0 Å². The van der Waals surface area contributed by atoms with Gasteiger partial charge in [-0.25, -0.2) is 0 Å². The van der Waals surface area contributed by atoms with Gasteiger partial charge in [0.05, 0.1) is 0 Å². The molecule has 4 heteroatoms. The van der Waals surface area contributed by atoms with Gasteiger partial charge in [0.2, 0.25) is 0 Å². The van der Waals surface area contributed by atoms with Crippen molar-refractivity contribution in [2.24, 2.45) is 0 Å². The molecule has 2 atom stereocenters. The monoisotopic (exact) mass is 312 g/mol. The van der Waals surface area contributed by atoms with Crippen LogP contribution in [0.15, 0.2) is 12.1 Å². The number of nitrogens with zero attached hydrogens (tertiary/aromatic N) is 1. The highest BCUT2D eigenvalue weighted by molar-refractivity contribution is 8.00. The quantitative estimate of drug-likeness (QED) is 0.906. The summed E-state index contributed by atoms with van der Waals surface area (Å²) in [6.07, 6.45) is 0. The SMILES string of the molecule is CC1SCCN(Cc2ccc(CNC(C)(C)C)s2)C1C. The van der Waals surface area contributed by atoms with Crippen LogP contribution < -0.4 is 5.32 Å². The van der Waals surface area contributed by atoms with E-state index in [0.29, 0.717) is 6.04 Å². The Labute approximate surface area is 132 Å².